The third-order valence-corrected chi connectivity index (χ3v) is 2.62. The van der Waals surface area contributed by atoms with Gasteiger partial charge in [-0.1, -0.05) is 18.2 Å². The van der Waals surface area contributed by atoms with Gasteiger partial charge in [-0.05, 0) is 32.0 Å². The van der Waals surface area contributed by atoms with Crippen molar-refractivity contribution < 1.29 is 14.2 Å². The van der Waals surface area contributed by atoms with Crippen molar-refractivity contribution in [1.29, 1.82) is 0 Å². The van der Waals surface area contributed by atoms with Gasteiger partial charge in [0.2, 0.25) is 0 Å². The predicted octanol–water partition coefficient (Wildman–Crippen LogP) is 3.09. The van der Waals surface area contributed by atoms with E-state index in [2.05, 4.69) is 4.98 Å². The number of rotatable bonds is 4. The number of hydrogen-bond acceptors (Lipinski definition) is 3. The normalized spacial score (nSPS) is 12.5. The van der Waals surface area contributed by atoms with Gasteiger partial charge in [0.1, 0.15) is 23.4 Å². The average Bonchev–Trinajstić information content (AvgIpc) is 2.38. The fourth-order valence-electron chi connectivity index (χ4n) is 1.81. The van der Waals surface area contributed by atoms with Gasteiger partial charge in [0.25, 0.3) is 0 Å². The summed E-state index contributed by atoms with van der Waals surface area (Å²) in [6, 6.07) is 9.80. The highest BCUT2D eigenvalue weighted by molar-refractivity contribution is 5.39. The Morgan fingerprint density at radius 2 is 1.89 bits per heavy atom. The van der Waals surface area contributed by atoms with Crippen LogP contribution in [0.25, 0.3) is 0 Å². The van der Waals surface area contributed by atoms with E-state index in [9.17, 15) is 9.50 Å². The number of pyridine rings is 1. The van der Waals surface area contributed by atoms with E-state index in [-0.39, 0.29) is 11.8 Å². The van der Waals surface area contributed by atoms with Gasteiger partial charge in [0, 0.05) is 11.8 Å². The van der Waals surface area contributed by atoms with E-state index < -0.39 is 11.9 Å². The van der Waals surface area contributed by atoms with E-state index in [0.29, 0.717) is 11.3 Å². The fourth-order valence-corrected chi connectivity index (χ4v) is 1.81. The lowest BCUT2D eigenvalue weighted by Crippen LogP contribution is -2.11. The van der Waals surface area contributed by atoms with Crippen molar-refractivity contribution in [3.05, 3.63) is 59.7 Å². The lowest BCUT2D eigenvalue weighted by Gasteiger charge is -2.18. The molecule has 0 saturated carbocycles. The zero-order valence-corrected chi connectivity index (χ0v) is 10.9. The number of aliphatic hydroxyl groups excluding tert-OH is 1. The van der Waals surface area contributed by atoms with Crippen LogP contribution in [-0.4, -0.2) is 16.2 Å². The lowest BCUT2D eigenvalue weighted by molar-refractivity contribution is 0.191. The molecule has 0 bridgehead atoms. The van der Waals surface area contributed by atoms with Crippen molar-refractivity contribution in [2.45, 2.75) is 26.1 Å². The number of para-hydroxylation sites is 1. The molecule has 3 nitrogen and oxygen atoms in total. The van der Waals surface area contributed by atoms with Crippen molar-refractivity contribution in [2.24, 2.45) is 0 Å². The van der Waals surface area contributed by atoms with Crippen molar-refractivity contribution in [2.75, 3.05) is 0 Å². The summed E-state index contributed by atoms with van der Waals surface area (Å²) in [7, 11) is 0. The lowest BCUT2D eigenvalue weighted by atomic mass is 10.0. The van der Waals surface area contributed by atoms with Gasteiger partial charge >= 0.3 is 0 Å². The van der Waals surface area contributed by atoms with Crippen LogP contribution in [0.4, 0.5) is 4.39 Å². The molecule has 1 N–H and O–H groups in total. The highest BCUT2D eigenvalue weighted by Gasteiger charge is 2.20. The highest BCUT2D eigenvalue weighted by atomic mass is 19.1. The van der Waals surface area contributed by atoms with Crippen LogP contribution in [0.3, 0.4) is 0 Å². The van der Waals surface area contributed by atoms with E-state index in [1.54, 1.807) is 18.2 Å². The number of hydrogen-bond donors (Lipinski definition) is 1. The molecular weight excluding hydrogens is 245 g/mol. The highest BCUT2D eigenvalue weighted by Crippen LogP contribution is 2.30. The zero-order valence-electron chi connectivity index (χ0n) is 10.9. The largest absolute Gasteiger partial charge is 0.491 e. The number of benzene rings is 1. The predicted molar refractivity (Wildman–Crippen MR) is 70.5 cm³/mol. The molecule has 1 atom stereocenters. The summed E-state index contributed by atoms with van der Waals surface area (Å²) in [5.74, 6) is 0.00408. The Morgan fingerprint density at radius 3 is 2.58 bits per heavy atom. The standard InChI is InChI=1S/C15H16FNO2/c1-10(2)19-13-8-4-3-6-11(13)15(18)14-12(16)7-5-9-17-14/h3-10,15,18H,1-2H3. The molecule has 2 aromatic rings. The van der Waals surface area contributed by atoms with Crippen LogP contribution in [0.5, 0.6) is 5.75 Å². The molecule has 0 spiro atoms. The maximum atomic E-state index is 13.7. The Morgan fingerprint density at radius 1 is 1.16 bits per heavy atom. The molecule has 0 fully saturated rings. The Bertz CT molecular complexity index is 557. The molecule has 0 aliphatic heterocycles. The Balaban J connectivity index is 2.39. The maximum absolute atomic E-state index is 13.7. The number of ether oxygens (including phenoxy) is 1. The van der Waals surface area contributed by atoms with E-state index in [4.69, 9.17) is 4.74 Å². The molecule has 1 aromatic heterocycles. The summed E-state index contributed by atoms with van der Waals surface area (Å²) < 4.78 is 19.3. The van der Waals surface area contributed by atoms with Crippen LogP contribution >= 0.6 is 0 Å². The minimum atomic E-state index is -1.14. The van der Waals surface area contributed by atoms with E-state index in [1.165, 1.54) is 18.3 Å². The molecule has 1 aromatic carbocycles. The summed E-state index contributed by atoms with van der Waals surface area (Å²) in [6.45, 7) is 3.79. The molecule has 4 heteroatoms. The van der Waals surface area contributed by atoms with Crippen LogP contribution < -0.4 is 4.74 Å². The topological polar surface area (TPSA) is 42.4 Å². The second kappa shape index (κ2) is 5.80. The summed E-state index contributed by atoms with van der Waals surface area (Å²) in [5.41, 5.74) is 0.510. The SMILES string of the molecule is CC(C)Oc1ccccc1C(O)c1ncccc1F. The van der Waals surface area contributed by atoms with Gasteiger partial charge in [0.15, 0.2) is 0 Å². The number of aliphatic hydroxyl groups is 1. The zero-order chi connectivity index (χ0) is 13.8. The smallest absolute Gasteiger partial charge is 0.147 e. The Hall–Kier alpha value is -1.94. The first-order valence-corrected chi connectivity index (χ1v) is 6.13. The first-order chi connectivity index (χ1) is 9.09. The number of aromatic nitrogens is 1. The fraction of sp³-hybridized carbons (Fsp3) is 0.267. The van der Waals surface area contributed by atoms with E-state index in [0.717, 1.165) is 0 Å². The van der Waals surface area contributed by atoms with E-state index >= 15 is 0 Å². The van der Waals surface area contributed by atoms with Crippen LogP contribution in [0, 0.1) is 5.82 Å². The minimum absolute atomic E-state index is 0.00214. The first kappa shape index (κ1) is 13.5. The summed E-state index contributed by atoms with van der Waals surface area (Å²) in [6.07, 6.45) is 0.283. The van der Waals surface area contributed by atoms with Gasteiger partial charge in [-0.3, -0.25) is 4.98 Å². The average molecular weight is 261 g/mol. The molecule has 0 aliphatic carbocycles. The van der Waals surface area contributed by atoms with Gasteiger partial charge in [-0.15, -0.1) is 0 Å². The second-order valence-electron chi connectivity index (χ2n) is 4.48. The molecular formula is C15H16FNO2. The van der Waals surface area contributed by atoms with Gasteiger partial charge in [-0.25, -0.2) is 4.39 Å². The van der Waals surface area contributed by atoms with Crippen LogP contribution in [-0.2, 0) is 0 Å². The molecule has 0 radical (unpaired) electrons. The Kier molecular flexibility index (Phi) is 4.12. The third kappa shape index (κ3) is 3.09. The first-order valence-electron chi connectivity index (χ1n) is 6.13. The van der Waals surface area contributed by atoms with Gasteiger partial charge < -0.3 is 9.84 Å². The molecule has 0 saturated heterocycles. The van der Waals surface area contributed by atoms with E-state index in [1.807, 2.05) is 19.9 Å². The Labute approximate surface area is 111 Å². The minimum Gasteiger partial charge on any atom is -0.491 e. The quantitative estimate of drug-likeness (QED) is 0.919. The van der Waals surface area contributed by atoms with Gasteiger partial charge in [0.05, 0.1) is 6.10 Å². The summed E-state index contributed by atoms with van der Waals surface area (Å²) in [5, 5.41) is 10.3. The molecule has 1 unspecified atom stereocenters. The van der Waals surface area contributed by atoms with Crippen LogP contribution in [0.15, 0.2) is 42.6 Å². The van der Waals surface area contributed by atoms with Gasteiger partial charge in [-0.2, -0.15) is 0 Å². The van der Waals surface area contributed by atoms with Crippen LogP contribution in [0.2, 0.25) is 0 Å². The molecule has 0 amide bonds. The van der Waals surface area contributed by atoms with Crippen molar-refractivity contribution >= 4 is 0 Å². The van der Waals surface area contributed by atoms with Crippen molar-refractivity contribution in [3.8, 4) is 5.75 Å². The molecule has 100 valence electrons. The molecule has 19 heavy (non-hydrogen) atoms. The summed E-state index contributed by atoms with van der Waals surface area (Å²) in [4.78, 5) is 3.89. The second-order valence-corrected chi connectivity index (χ2v) is 4.48. The molecule has 1 heterocycles. The van der Waals surface area contributed by atoms with Crippen molar-refractivity contribution in [1.82, 2.24) is 4.98 Å². The maximum Gasteiger partial charge on any atom is 0.147 e. The molecule has 2 rings (SSSR count). The molecule has 0 aliphatic rings. The van der Waals surface area contributed by atoms with Crippen molar-refractivity contribution in [3.63, 3.8) is 0 Å². The number of halogens is 1. The number of nitrogens with zero attached hydrogens (tertiary/aromatic N) is 1. The monoisotopic (exact) mass is 261 g/mol. The summed E-state index contributed by atoms with van der Waals surface area (Å²) >= 11 is 0. The third-order valence-electron chi connectivity index (χ3n) is 2.62. The van der Waals surface area contributed by atoms with Crippen LogP contribution in [0.1, 0.15) is 31.2 Å².